The number of unbranched alkanes of at least 4 members (excludes halogenated alkanes) is 2. The maximum absolute atomic E-state index is 10.7. The van der Waals surface area contributed by atoms with Gasteiger partial charge in [0.05, 0.1) is 11.5 Å². The van der Waals surface area contributed by atoms with Crippen LogP contribution >= 0.6 is 11.6 Å². The number of hydrogen-bond acceptors (Lipinski definition) is 6. The fraction of sp³-hybridized carbons (Fsp3) is 0.429. The van der Waals surface area contributed by atoms with Crippen LogP contribution in [-0.4, -0.2) is 29.8 Å². The zero-order valence-corrected chi connectivity index (χ0v) is 17.3. The normalized spacial score (nSPS) is 10.7. The molecule has 0 bridgehead atoms. The molecule has 158 valence electrons. The molecule has 0 atom stereocenters. The molecule has 0 saturated carbocycles. The summed E-state index contributed by atoms with van der Waals surface area (Å²) in [5.41, 5.74) is 1.77. The highest BCUT2D eigenvalue weighted by atomic mass is 35.5. The number of benzene rings is 2. The van der Waals surface area contributed by atoms with E-state index in [1.807, 2.05) is 13.0 Å². The summed E-state index contributed by atoms with van der Waals surface area (Å²) in [6.07, 6.45) is 2.79. The fourth-order valence-electron chi connectivity index (χ4n) is 2.73. The van der Waals surface area contributed by atoms with E-state index >= 15 is 0 Å². The van der Waals surface area contributed by atoms with E-state index in [1.54, 1.807) is 18.2 Å². The molecule has 8 heteroatoms. The molecule has 0 aromatic heterocycles. The molecule has 2 aromatic rings. The van der Waals surface area contributed by atoms with Gasteiger partial charge in [-0.25, -0.2) is 0 Å². The van der Waals surface area contributed by atoms with Crippen molar-refractivity contribution in [2.45, 2.75) is 39.3 Å². The summed E-state index contributed by atoms with van der Waals surface area (Å²) in [6.45, 7) is 4.32. The number of ether oxygens (including phenoxy) is 2. The SMILES string of the molecule is CCOc1cc(CNCCCCCO)c(Cl)cc1OCc1ccc([N+](=O)[O-])cc1. The van der Waals surface area contributed by atoms with Crippen molar-refractivity contribution in [1.29, 1.82) is 0 Å². The molecule has 2 aromatic carbocycles. The summed E-state index contributed by atoms with van der Waals surface area (Å²) in [7, 11) is 0. The van der Waals surface area contributed by atoms with Crippen LogP contribution in [0.1, 0.15) is 37.3 Å². The molecule has 0 saturated heterocycles. The third-order valence-corrected chi connectivity index (χ3v) is 4.63. The van der Waals surface area contributed by atoms with Crippen molar-refractivity contribution < 1.29 is 19.5 Å². The highest BCUT2D eigenvalue weighted by molar-refractivity contribution is 6.31. The van der Waals surface area contributed by atoms with E-state index in [-0.39, 0.29) is 18.9 Å². The molecule has 7 nitrogen and oxygen atoms in total. The first-order chi connectivity index (χ1) is 14.0. The van der Waals surface area contributed by atoms with E-state index in [0.717, 1.165) is 36.9 Å². The number of nitrogens with zero attached hydrogens (tertiary/aromatic N) is 1. The number of nitro groups is 1. The van der Waals surface area contributed by atoms with Gasteiger partial charge in [-0.2, -0.15) is 0 Å². The molecule has 0 fully saturated rings. The van der Waals surface area contributed by atoms with Crippen LogP contribution in [0.15, 0.2) is 36.4 Å². The second kappa shape index (κ2) is 12.3. The average molecular weight is 423 g/mol. The number of nitrogens with one attached hydrogen (secondary N) is 1. The van der Waals surface area contributed by atoms with Gasteiger partial charge in [0.15, 0.2) is 11.5 Å². The summed E-state index contributed by atoms with van der Waals surface area (Å²) in [5, 5.41) is 23.5. The molecule has 0 spiro atoms. The van der Waals surface area contributed by atoms with Crippen LogP contribution in [-0.2, 0) is 13.2 Å². The highest BCUT2D eigenvalue weighted by Crippen LogP contribution is 2.34. The van der Waals surface area contributed by atoms with E-state index in [0.29, 0.717) is 29.7 Å². The molecule has 0 amide bonds. The second-order valence-corrected chi connectivity index (χ2v) is 6.90. The lowest BCUT2D eigenvalue weighted by Gasteiger charge is -2.15. The Morgan fingerprint density at radius 2 is 1.83 bits per heavy atom. The van der Waals surface area contributed by atoms with Gasteiger partial charge in [0.2, 0.25) is 0 Å². The zero-order valence-electron chi connectivity index (χ0n) is 16.5. The number of aliphatic hydroxyl groups is 1. The number of rotatable bonds is 13. The minimum atomic E-state index is -0.434. The summed E-state index contributed by atoms with van der Waals surface area (Å²) >= 11 is 6.42. The van der Waals surface area contributed by atoms with Gasteiger partial charge in [-0.15, -0.1) is 0 Å². The molecule has 2 N–H and O–H groups in total. The van der Waals surface area contributed by atoms with E-state index in [1.165, 1.54) is 12.1 Å². The summed E-state index contributed by atoms with van der Waals surface area (Å²) < 4.78 is 11.6. The number of nitro benzene ring substituents is 1. The van der Waals surface area contributed by atoms with Crippen molar-refractivity contribution in [3.8, 4) is 11.5 Å². The maximum Gasteiger partial charge on any atom is 0.269 e. The first kappa shape index (κ1) is 22.9. The van der Waals surface area contributed by atoms with Crippen molar-refractivity contribution in [3.63, 3.8) is 0 Å². The molecular weight excluding hydrogens is 396 g/mol. The van der Waals surface area contributed by atoms with Gasteiger partial charge in [0.25, 0.3) is 5.69 Å². The zero-order chi connectivity index (χ0) is 21.1. The third kappa shape index (κ3) is 7.53. The largest absolute Gasteiger partial charge is 0.490 e. The smallest absolute Gasteiger partial charge is 0.269 e. The van der Waals surface area contributed by atoms with E-state index < -0.39 is 4.92 Å². The van der Waals surface area contributed by atoms with Crippen LogP contribution in [0.25, 0.3) is 0 Å². The summed E-state index contributed by atoms with van der Waals surface area (Å²) in [6, 6.07) is 9.83. The van der Waals surface area contributed by atoms with Crippen molar-refractivity contribution in [2.24, 2.45) is 0 Å². The number of hydrogen-bond donors (Lipinski definition) is 2. The monoisotopic (exact) mass is 422 g/mol. The Morgan fingerprint density at radius 3 is 2.48 bits per heavy atom. The van der Waals surface area contributed by atoms with Crippen LogP contribution in [0.2, 0.25) is 5.02 Å². The second-order valence-electron chi connectivity index (χ2n) is 6.50. The first-order valence-corrected chi connectivity index (χ1v) is 10.1. The van der Waals surface area contributed by atoms with Crippen molar-refractivity contribution >= 4 is 17.3 Å². The Morgan fingerprint density at radius 1 is 1.10 bits per heavy atom. The first-order valence-electron chi connectivity index (χ1n) is 9.68. The molecule has 0 heterocycles. The van der Waals surface area contributed by atoms with Crippen molar-refractivity contribution in [1.82, 2.24) is 5.32 Å². The summed E-state index contributed by atoms with van der Waals surface area (Å²) in [5.74, 6) is 1.14. The van der Waals surface area contributed by atoms with Gasteiger partial charge in [0, 0.05) is 36.4 Å². The Labute approximate surface area is 175 Å². The molecule has 0 unspecified atom stereocenters. The summed E-state index contributed by atoms with van der Waals surface area (Å²) in [4.78, 5) is 10.3. The average Bonchev–Trinajstić information content (AvgIpc) is 2.71. The lowest BCUT2D eigenvalue weighted by Crippen LogP contribution is -2.15. The molecule has 0 radical (unpaired) electrons. The highest BCUT2D eigenvalue weighted by Gasteiger charge is 2.12. The van der Waals surface area contributed by atoms with Crippen LogP contribution in [0.4, 0.5) is 5.69 Å². The third-order valence-electron chi connectivity index (χ3n) is 4.28. The minimum absolute atomic E-state index is 0.0417. The van der Waals surface area contributed by atoms with Gasteiger partial charge in [-0.05, 0) is 62.1 Å². The van der Waals surface area contributed by atoms with Crippen LogP contribution in [0, 0.1) is 10.1 Å². The Bertz CT molecular complexity index is 783. The van der Waals surface area contributed by atoms with E-state index in [9.17, 15) is 10.1 Å². The van der Waals surface area contributed by atoms with E-state index in [4.69, 9.17) is 26.2 Å². The quantitative estimate of drug-likeness (QED) is 0.281. The van der Waals surface area contributed by atoms with Gasteiger partial charge in [0.1, 0.15) is 6.61 Å². The Balaban J connectivity index is 1.99. The standard InChI is InChI=1S/C21H27ClN2O5/c1-2-28-20-12-17(14-23-10-4-3-5-11-25)19(22)13-21(20)29-15-16-6-8-18(9-7-16)24(26)27/h6-9,12-13,23,25H,2-5,10-11,14-15H2,1H3. The predicted molar refractivity (Wildman–Crippen MR) is 113 cm³/mol. The van der Waals surface area contributed by atoms with Gasteiger partial charge in [-0.1, -0.05) is 11.6 Å². The van der Waals surface area contributed by atoms with Gasteiger partial charge in [-0.3, -0.25) is 10.1 Å². The lowest BCUT2D eigenvalue weighted by molar-refractivity contribution is -0.384. The Hall–Kier alpha value is -2.35. The van der Waals surface area contributed by atoms with E-state index in [2.05, 4.69) is 5.32 Å². The number of non-ortho nitro benzene ring substituents is 1. The van der Waals surface area contributed by atoms with Crippen molar-refractivity contribution in [2.75, 3.05) is 19.8 Å². The topological polar surface area (TPSA) is 93.9 Å². The number of aliphatic hydroxyl groups excluding tert-OH is 1. The molecular formula is C21H27ClN2O5. The Kier molecular flexibility index (Phi) is 9.70. The van der Waals surface area contributed by atoms with Gasteiger partial charge < -0.3 is 19.9 Å². The maximum atomic E-state index is 10.7. The van der Waals surface area contributed by atoms with Crippen LogP contribution < -0.4 is 14.8 Å². The molecule has 0 aliphatic heterocycles. The lowest BCUT2D eigenvalue weighted by atomic mass is 10.2. The van der Waals surface area contributed by atoms with Gasteiger partial charge >= 0.3 is 0 Å². The molecule has 29 heavy (non-hydrogen) atoms. The van der Waals surface area contributed by atoms with Crippen LogP contribution in [0.3, 0.4) is 0 Å². The molecule has 0 aliphatic rings. The van der Waals surface area contributed by atoms with Crippen LogP contribution in [0.5, 0.6) is 11.5 Å². The minimum Gasteiger partial charge on any atom is -0.490 e. The fourth-order valence-corrected chi connectivity index (χ4v) is 2.95. The number of halogens is 1. The van der Waals surface area contributed by atoms with Crippen molar-refractivity contribution in [3.05, 3.63) is 62.7 Å². The molecule has 2 rings (SSSR count). The molecule has 0 aliphatic carbocycles. The predicted octanol–water partition coefficient (Wildman–Crippen LogP) is 4.48.